The molecule has 2 rings (SSSR count). The van der Waals surface area contributed by atoms with Crippen molar-refractivity contribution in [2.45, 2.75) is 38.3 Å². The molecule has 21 heavy (non-hydrogen) atoms. The molecule has 1 aliphatic heterocycles. The molecule has 0 saturated carbocycles. The summed E-state index contributed by atoms with van der Waals surface area (Å²) in [6.45, 7) is 4.94. The van der Waals surface area contributed by atoms with Gasteiger partial charge in [0.05, 0.1) is 7.11 Å². The van der Waals surface area contributed by atoms with Crippen LogP contribution in [-0.2, 0) is 9.53 Å². The lowest BCUT2D eigenvalue weighted by Crippen LogP contribution is -2.31. The van der Waals surface area contributed by atoms with Crippen LogP contribution in [0.3, 0.4) is 0 Å². The third kappa shape index (κ3) is 4.59. The van der Waals surface area contributed by atoms with Gasteiger partial charge in [-0.25, -0.2) is 0 Å². The summed E-state index contributed by atoms with van der Waals surface area (Å²) in [4.78, 5) is 11.5. The van der Waals surface area contributed by atoms with Crippen LogP contribution in [0.15, 0.2) is 22.7 Å². The molecule has 0 aliphatic carbocycles. The predicted octanol–water partition coefficient (Wildman–Crippen LogP) is 3.28. The predicted molar refractivity (Wildman–Crippen MR) is 88.3 cm³/mol. The Labute approximate surface area is 140 Å². The fourth-order valence-corrected chi connectivity index (χ4v) is 2.75. The second-order valence-corrected chi connectivity index (χ2v) is 6.21. The van der Waals surface area contributed by atoms with Crippen molar-refractivity contribution in [1.82, 2.24) is 5.32 Å². The van der Waals surface area contributed by atoms with Gasteiger partial charge >= 0.3 is 5.97 Å². The van der Waals surface area contributed by atoms with E-state index in [4.69, 9.17) is 9.47 Å². The van der Waals surface area contributed by atoms with Gasteiger partial charge in [-0.05, 0) is 29.7 Å². The maximum atomic E-state index is 11.5. The van der Waals surface area contributed by atoms with E-state index in [1.54, 1.807) is 0 Å². The Balaban J connectivity index is 0.00000220. The van der Waals surface area contributed by atoms with Crippen LogP contribution in [0.25, 0.3) is 0 Å². The topological polar surface area (TPSA) is 47.6 Å². The highest BCUT2D eigenvalue weighted by atomic mass is 79.9. The smallest absolute Gasteiger partial charge is 0.323 e. The van der Waals surface area contributed by atoms with E-state index in [0.717, 1.165) is 10.2 Å². The fraction of sp³-hybridized carbons (Fsp3) is 0.533. The zero-order valence-electron chi connectivity index (χ0n) is 12.4. The number of ether oxygens (including phenoxy) is 2. The van der Waals surface area contributed by atoms with Gasteiger partial charge in [-0.1, -0.05) is 29.8 Å². The lowest BCUT2D eigenvalue weighted by molar-refractivity contribution is -0.142. The monoisotopic (exact) mass is 377 g/mol. The van der Waals surface area contributed by atoms with Gasteiger partial charge in [-0.3, -0.25) is 4.79 Å². The van der Waals surface area contributed by atoms with E-state index in [9.17, 15) is 4.79 Å². The highest BCUT2D eigenvalue weighted by molar-refractivity contribution is 9.10. The van der Waals surface area contributed by atoms with E-state index in [0.29, 0.717) is 18.9 Å². The highest BCUT2D eigenvalue weighted by Gasteiger charge is 2.31. The first kappa shape index (κ1) is 18.3. The number of rotatable bonds is 4. The van der Waals surface area contributed by atoms with Crippen molar-refractivity contribution in [2.24, 2.45) is 0 Å². The Hall–Kier alpha value is -0.780. The molecule has 0 unspecified atom stereocenters. The molecule has 1 saturated heterocycles. The van der Waals surface area contributed by atoms with Crippen molar-refractivity contribution in [3.05, 3.63) is 28.2 Å². The Morgan fingerprint density at radius 1 is 1.43 bits per heavy atom. The summed E-state index contributed by atoms with van der Waals surface area (Å²) in [6, 6.07) is 5.77. The van der Waals surface area contributed by atoms with E-state index >= 15 is 0 Å². The van der Waals surface area contributed by atoms with Crippen LogP contribution >= 0.6 is 28.3 Å². The molecule has 4 nitrogen and oxygen atoms in total. The molecule has 1 aromatic carbocycles. The maximum Gasteiger partial charge on any atom is 0.323 e. The zero-order valence-corrected chi connectivity index (χ0v) is 14.8. The lowest BCUT2D eigenvalue weighted by atomic mass is 10.0. The quantitative estimate of drug-likeness (QED) is 0.817. The maximum absolute atomic E-state index is 11.5. The zero-order chi connectivity index (χ0) is 14.7. The summed E-state index contributed by atoms with van der Waals surface area (Å²) >= 11 is 3.49. The lowest BCUT2D eigenvalue weighted by Gasteiger charge is -2.18. The van der Waals surface area contributed by atoms with Crippen LogP contribution in [0.1, 0.15) is 31.7 Å². The molecule has 0 spiro atoms. The normalized spacial score (nSPS) is 21.0. The van der Waals surface area contributed by atoms with E-state index < -0.39 is 0 Å². The summed E-state index contributed by atoms with van der Waals surface area (Å²) in [5, 5.41) is 3.13. The fourth-order valence-electron chi connectivity index (χ4n) is 2.37. The summed E-state index contributed by atoms with van der Waals surface area (Å²) in [6.07, 6.45) is 0.637. The van der Waals surface area contributed by atoms with E-state index in [1.165, 1.54) is 12.7 Å². The average Bonchev–Trinajstić information content (AvgIpc) is 2.88. The van der Waals surface area contributed by atoms with E-state index in [2.05, 4.69) is 41.2 Å². The third-order valence-corrected chi connectivity index (χ3v) is 3.96. The molecule has 118 valence electrons. The van der Waals surface area contributed by atoms with Crippen molar-refractivity contribution in [3.63, 3.8) is 0 Å². The molecular formula is C15H21BrClNO3. The SMILES string of the molecule is COC(=O)[C@@H]1C[C@H](Oc2ccc(Br)cc2C(C)C)CN1.Cl. The van der Waals surface area contributed by atoms with Gasteiger partial charge in [0.25, 0.3) is 0 Å². The van der Waals surface area contributed by atoms with Gasteiger partial charge in [-0.2, -0.15) is 0 Å². The van der Waals surface area contributed by atoms with Crippen LogP contribution in [-0.4, -0.2) is 31.8 Å². The second-order valence-electron chi connectivity index (χ2n) is 5.30. The minimum Gasteiger partial charge on any atom is -0.489 e. The summed E-state index contributed by atoms with van der Waals surface area (Å²) < 4.78 is 11.9. The number of nitrogens with one attached hydrogen (secondary N) is 1. The van der Waals surface area contributed by atoms with Crippen molar-refractivity contribution >= 4 is 34.3 Å². The Kier molecular flexibility index (Phi) is 6.97. The van der Waals surface area contributed by atoms with E-state index in [-0.39, 0.29) is 30.5 Å². The summed E-state index contributed by atoms with van der Waals surface area (Å²) in [5.41, 5.74) is 1.17. The van der Waals surface area contributed by atoms with Gasteiger partial charge in [-0.15, -0.1) is 12.4 Å². The molecular weight excluding hydrogens is 358 g/mol. The van der Waals surface area contributed by atoms with E-state index in [1.807, 2.05) is 12.1 Å². The molecule has 6 heteroatoms. The summed E-state index contributed by atoms with van der Waals surface area (Å²) in [7, 11) is 1.41. The van der Waals surface area contributed by atoms with Gasteiger partial charge in [0, 0.05) is 17.4 Å². The number of methoxy groups -OCH3 is 1. The van der Waals surface area contributed by atoms with Crippen molar-refractivity contribution < 1.29 is 14.3 Å². The van der Waals surface area contributed by atoms with Crippen molar-refractivity contribution in [3.8, 4) is 5.75 Å². The van der Waals surface area contributed by atoms with Gasteiger partial charge in [0.15, 0.2) is 0 Å². The first-order valence-corrected chi connectivity index (χ1v) is 7.58. The number of hydrogen-bond donors (Lipinski definition) is 1. The molecule has 0 amide bonds. The first-order chi connectivity index (χ1) is 9.51. The number of halogens is 2. The molecule has 1 aromatic rings. The molecule has 0 radical (unpaired) electrons. The van der Waals surface area contributed by atoms with Crippen LogP contribution in [0, 0.1) is 0 Å². The Morgan fingerprint density at radius 3 is 2.76 bits per heavy atom. The van der Waals surface area contributed by atoms with Gasteiger partial charge in [0.2, 0.25) is 0 Å². The number of esters is 1. The van der Waals surface area contributed by atoms with Crippen LogP contribution in [0.5, 0.6) is 5.75 Å². The van der Waals surface area contributed by atoms with Crippen molar-refractivity contribution in [1.29, 1.82) is 0 Å². The summed E-state index contributed by atoms with van der Waals surface area (Å²) in [5.74, 6) is 1.05. The largest absolute Gasteiger partial charge is 0.489 e. The number of carbonyl (C=O) groups excluding carboxylic acids is 1. The second kappa shape index (κ2) is 8.01. The third-order valence-electron chi connectivity index (χ3n) is 3.46. The van der Waals surface area contributed by atoms with Crippen molar-refractivity contribution in [2.75, 3.05) is 13.7 Å². The molecule has 2 atom stereocenters. The highest BCUT2D eigenvalue weighted by Crippen LogP contribution is 2.31. The molecule has 1 aliphatic rings. The molecule has 1 fully saturated rings. The molecule has 1 heterocycles. The average molecular weight is 379 g/mol. The van der Waals surface area contributed by atoms with Crippen LogP contribution < -0.4 is 10.1 Å². The number of carbonyl (C=O) groups is 1. The minimum absolute atomic E-state index is 0. The molecule has 1 N–H and O–H groups in total. The van der Waals surface area contributed by atoms with Crippen LogP contribution in [0.2, 0.25) is 0 Å². The van der Waals surface area contributed by atoms with Gasteiger partial charge in [0.1, 0.15) is 17.9 Å². The number of benzene rings is 1. The Morgan fingerprint density at radius 2 is 2.14 bits per heavy atom. The minimum atomic E-state index is -0.261. The Bertz CT molecular complexity index is 496. The first-order valence-electron chi connectivity index (χ1n) is 6.78. The number of hydrogen-bond acceptors (Lipinski definition) is 4. The van der Waals surface area contributed by atoms with Crippen LogP contribution in [0.4, 0.5) is 0 Å². The van der Waals surface area contributed by atoms with Gasteiger partial charge < -0.3 is 14.8 Å². The molecule has 0 bridgehead atoms. The molecule has 0 aromatic heterocycles. The standard InChI is InChI=1S/C15H20BrNO3.ClH/c1-9(2)12-6-10(16)4-5-14(12)20-11-7-13(17-8-11)15(18)19-3;/h4-6,9,11,13,17H,7-8H2,1-3H3;1H/t11-,13-;/m0./s1.